The average molecular weight is 314 g/mol. The number of benzene rings is 1. The van der Waals surface area contributed by atoms with E-state index in [9.17, 15) is 12.8 Å². The lowest BCUT2D eigenvalue weighted by Gasteiger charge is -2.26. The number of hydrogen-bond donors (Lipinski definition) is 0. The van der Waals surface area contributed by atoms with Gasteiger partial charge in [0.25, 0.3) is 0 Å². The van der Waals surface area contributed by atoms with E-state index in [0.717, 1.165) is 19.4 Å². The van der Waals surface area contributed by atoms with Crippen molar-refractivity contribution >= 4 is 10.0 Å². The third kappa shape index (κ3) is 3.27. The van der Waals surface area contributed by atoms with E-state index < -0.39 is 15.8 Å². The highest BCUT2D eigenvalue weighted by Crippen LogP contribution is 2.25. The monoisotopic (exact) mass is 314 g/mol. The molecule has 0 aromatic heterocycles. The van der Waals surface area contributed by atoms with E-state index in [0.29, 0.717) is 17.7 Å². The maximum Gasteiger partial charge on any atom is 0.243 e. The zero-order valence-corrected chi connectivity index (χ0v) is 13.9. The first-order chi connectivity index (χ1) is 9.73. The predicted octanol–water partition coefficient (Wildman–Crippen LogP) is 2.16. The first kappa shape index (κ1) is 16.4. The van der Waals surface area contributed by atoms with Crippen LogP contribution in [0.4, 0.5) is 4.39 Å². The molecule has 1 aliphatic heterocycles. The summed E-state index contributed by atoms with van der Waals surface area (Å²) in [6.07, 6.45) is 2.11. The van der Waals surface area contributed by atoms with Crippen LogP contribution in [0.2, 0.25) is 0 Å². The van der Waals surface area contributed by atoms with E-state index in [1.165, 1.54) is 16.4 Å². The Kier molecular flexibility index (Phi) is 4.70. The quantitative estimate of drug-likeness (QED) is 0.855. The standard InChI is InChI=1S/C15H23FN2O2S/c1-11-8-13(16)9-12(2)15(11)21(19,20)18(4)10-14-6-5-7-17(14)3/h8-9,14H,5-7,10H2,1-4H3. The van der Waals surface area contributed by atoms with Crippen molar-refractivity contribution < 1.29 is 12.8 Å². The van der Waals surface area contributed by atoms with Gasteiger partial charge in [0.05, 0.1) is 4.90 Å². The molecule has 118 valence electrons. The first-order valence-corrected chi connectivity index (χ1v) is 8.61. The lowest BCUT2D eigenvalue weighted by molar-refractivity contribution is 0.271. The molecule has 1 heterocycles. The minimum Gasteiger partial charge on any atom is -0.302 e. The molecule has 1 atom stereocenters. The van der Waals surface area contributed by atoms with Gasteiger partial charge in [-0.15, -0.1) is 0 Å². The summed E-state index contributed by atoms with van der Waals surface area (Å²) in [5, 5.41) is 0. The number of sulfonamides is 1. The van der Waals surface area contributed by atoms with Crippen molar-refractivity contribution in [3.05, 3.63) is 29.1 Å². The molecule has 1 fully saturated rings. The van der Waals surface area contributed by atoms with Gasteiger partial charge in [-0.1, -0.05) is 0 Å². The summed E-state index contributed by atoms with van der Waals surface area (Å²) in [6, 6.07) is 2.80. The summed E-state index contributed by atoms with van der Waals surface area (Å²) in [6.45, 7) is 4.75. The summed E-state index contributed by atoms with van der Waals surface area (Å²) in [5.41, 5.74) is 0.915. The van der Waals surface area contributed by atoms with Gasteiger partial charge in [-0.05, 0) is 63.5 Å². The molecule has 0 radical (unpaired) electrons. The Morgan fingerprint density at radius 2 is 1.90 bits per heavy atom. The summed E-state index contributed by atoms with van der Waals surface area (Å²) < 4.78 is 40.3. The number of likely N-dealkylation sites (N-methyl/N-ethyl adjacent to an activating group) is 2. The highest BCUT2D eigenvalue weighted by atomic mass is 32.2. The Labute approximate surface area is 126 Å². The molecule has 1 aromatic rings. The first-order valence-electron chi connectivity index (χ1n) is 7.17. The maximum absolute atomic E-state index is 13.4. The molecule has 1 aliphatic rings. The molecular weight excluding hydrogens is 291 g/mol. The van der Waals surface area contributed by atoms with Gasteiger partial charge in [-0.2, -0.15) is 4.31 Å². The zero-order chi connectivity index (χ0) is 15.8. The second kappa shape index (κ2) is 6.02. The van der Waals surface area contributed by atoms with E-state index in [2.05, 4.69) is 4.90 Å². The van der Waals surface area contributed by atoms with Crippen molar-refractivity contribution in [1.82, 2.24) is 9.21 Å². The van der Waals surface area contributed by atoms with Gasteiger partial charge >= 0.3 is 0 Å². The summed E-state index contributed by atoms with van der Waals surface area (Å²) in [7, 11) is 0.0333. The Bertz CT molecular complexity index is 608. The van der Waals surface area contributed by atoms with Gasteiger partial charge < -0.3 is 4.90 Å². The largest absolute Gasteiger partial charge is 0.302 e. The number of aryl methyl sites for hydroxylation is 2. The average Bonchev–Trinajstić information content (AvgIpc) is 2.73. The van der Waals surface area contributed by atoms with Crippen LogP contribution in [0.15, 0.2) is 17.0 Å². The van der Waals surface area contributed by atoms with Crippen LogP contribution in [-0.2, 0) is 10.0 Å². The summed E-state index contributed by atoms with van der Waals surface area (Å²) in [4.78, 5) is 2.42. The van der Waals surface area contributed by atoms with Crippen molar-refractivity contribution in [2.75, 3.05) is 27.2 Å². The number of nitrogens with zero attached hydrogens (tertiary/aromatic N) is 2. The fourth-order valence-electron chi connectivity index (χ4n) is 3.07. The minimum absolute atomic E-state index is 0.229. The minimum atomic E-state index is -3.59. The van der Waals surface area contributed by atoms with E-state index in [-0.39, 0.29) is 10.9 Å². The molecule has 1 aromatic carbocycles. The van der Waals surface area contributed by atoms with Gasteiger partial charge in [-0.3, -0.25) is 0 Å². The molecule has 6 heteroatoms. The second-order valence-electron chi connectivity index (χ2n) is 5.93. The van der Waals surface area contributed by atoms with Gasteiger partial charge in [0, 0.05) is 19.6 Å². The Morgan fingerprint density at radius 1 is 1.33 bits per heavy atom. The Morgan fingerprint density at radius 3 is 2.38 bits per heavy atom. The number of hydrogen-bond acceptors (Lipinski definition) is 3. The van der Waals surface area contributed by atoms with Gasteiger partial charge in [0.2, 0.25) is 10.0 Å². The van der Waals surface area contributed by atoms with Gasteiger partial charge in [-0.25, -0.2) is 12.8 Å². The molecule has 21 heavy (non-hydrogen) atoms. The highest BCUT2D eigenvalue weighted by molar-refractivity contribution is 7.89. The highest BCUT2D eigenvalue weighted by Gasteiger charge is 2.30. The Balaban J connectivity index is 2.29. The Hall–Kier alpha value is -0.980. The van der Waals surface area contributed by atoms with E-state index in [4.69, 9.17) is 0 Å². The molecule has 0 saturated carbocycles. The van der Waals surface area contributed by atoms with Crippen LogP contribution in [0.3, 0.4) is 0 Å². The molecular formula is C15H23FN2O2S. The van der Waals surface area contributed by atoms with Gasteiger partial charge in [0.1, 0.15) is 5.82 Å². The van der Waals surface area contributed by atoms with Crippen molar-refractivity contribution in [2.45, 2.75) is 37.6 Å². The van der Waals surface area contributed by atoms with Crippen molar-refractivity contribution in [2.24, 2.45) is 0 Å². The van der Waals surface area contributed by atoms with Crippen molar-refractivity contribution in [3.8, 4) is 0 Å². The van der Waals surface area contributed by atoms with Crippen LogP contribution >= 0.6 is 0 Å². The normalized spacial score (nSPS) is 20.4. The molecule has 0 spiro atoms. The van der Waals surface area contributed by atoms with Crippen LogP contribution in [0.25, 0.3) is 0 Å². The van der Waals surface area contributed by atoms with Gasteiger partial charge in [0.15, 0.2) is 0 Å². The fourth-order valence-corrected chi connectivity index (χ4v) is 4.68. The topological polar surface area (TPSA) is 40.6 Å². The van der Waals surface area contributed by atoms with Crippen LogP contribution < -0.4 is 0 Å². The molecule has 1 unspecified atom stereocenters. The predicted molar refractivity (Wildman–Crippen MR) is 81.3 cm³/mol. The molecule has 4 nitrogen and oxygen atoms in total. The van der Waals surface area contributed by atoms with Crippen LogP contribution in [-0.4, -0.2) is 50.8 Å². The third-order valence-electron chi connectivity index (χ3n) is 4.23. The number of likely N-dealkylation sites (tertiary alicyclic amines) is 1. The SMILES string of the molecule is Cc1cc(F)cc(C)c1S(=O)(=O)N(C)CC1CCCN1C. The van der Waals surface area contributed by atoms with E-state index in [1.54, 1.807) is 20.9 Å². The smallest absolute Gasteiger partial charge is 0.243 e. The molecule has 1 saturated heterocycles. The molecule has 0 amide bonds. The lowest BCUT2D eigenvalue weighted by Crippen LogP contribution is -2.39. The molecule has 0 bridgehead atoms. The fraction of sp³-hybridized carbons (Fsp3) is 0.600. The van der Waals surface area contributed by atoms with E-state index in [1.807, 2.05) is 7.05 Å². The molecule has 0 N–H and O–H groups in total. The number of halogens is 1. The maximum atomic E-state index is 13.4. The van der Waals surface area contributed by atoms with Crippen LogP contribution in [0.5, 0.6) is 0 Å². The number of rotatable bonds is 4. The molecule has 0 aliphatic carbocycles. The van der Waals surface area contributed by atoms with Crippen LogP contribution in [0.1, 0.15) is 24.0 Å². The van der Waals surface area contributed by atoms with Crippen LogP contribution in [0, 0.1) is 19.7 Å². The van der Waals surface area contributed by atoms with Crippen molar-refractivity contribution in [1.29, 1.82) is 0 Å². The molecule has 2 rings (SSSR count). The zero-order valence-electron chi connectivity index (χ0n) is 13.1. The lowest BCUT2D eigenvalue weighted by atomic mass is 10.1. The van der Waals surface area contributed by atoms with Crippen molar-refractivity contribution in [3.63, 3.8) is 0 Å². The second-order valence-corrected chi connectivity index (χ2v) is 7.91. The summed E-state index contributed by atoms with van der Waals surface area (Å²) >= 11 is 0. The van der Waals surface area contributed by atoms with E-state index >= 15 is 0 Å². The summed E-state index contributed by atoms with van der Waals surface area (Å²) in [5.74, 6) is -0.401. The third-order valence-corrected chi connectivity index (χ3v) is 6.36.